The summed E-state index contributed by atoms with van der Waals surface area (Å²) in [6.07, 6.45) is 0. The molecule has 0 aliphatic heterocycles. The summed E-state index contributed by atoms with van der Waals surface area (Å²) in [7, 11) is -4.02. The van der Waals surface area contributed by atoms with E-state index < -0.39 is 27.9 Å². The Morgan fingerprint density at radius 2 is 1.92 bits per heavy atom. The van der Waals surface area contributed by atoms with Gasteiger partial charge in [0.25, 0.3) is 11.8 Å². The second-order valence-electron chi connectivity index (χ2n) is 5.45. The van der Waals surface area contributed by atoms with E-state index in [1.165, 1.54) is 32.9 Å². The predicted octanol–water partition coefficient (Wildman–Crippen LogP) is 1.07. The van der Waals surface area contributed by atoms with E-state index in [9.17, 15) is 18.0 Å². The molecular weight excluding hydrogens is 384 g/mol. The molecule has 11 heteroatoms. The molecular formula is C15H17ClN4O5S. The minimum atomic E-state index is -4.02. The number of hydrazine groups is 1. The Hall–Kier alpha value is -2.43. The van der Waals surface area contributed by atoms with Gasteiger partial charge in [0.1, 0.15) is 10.6 Å². The molecule has 0 radical (unpaired) electrons. The molecule has 0 aliphatic rings. The van der Waals surface area contributed by atoms with E-state index in [1.54, 1.807) is 12.1 Å². The minimum absolute atomic E-state index is 0.108. The number of carbonyl (C=O) groups excluding carboxylic acids is 2. The zero-order chi connectivity index (χ0) is 19.5. The number of benzene rings is 1. The monoisotopic (exact) mass is 400 g/mol. The molecule has 0 saturated heterocycles. The highest BCUT2D eigenvalue weighted by Gasteiger charge is 2.28. The third-order valence-corrected chi connectivity index (χ3v) is 5.37. The second kappa shape index (κ2) is 7.85. The fraction of sp³-hybridized carbons (Fsp3) is 0.267. The maximum atomic E-state index is 12.4. The number of rotatable bonds is 5. The molecule has 2 rings (SSSR count). The van der Waals surface area contributed by atoms with Crippen LogP contribution in [0.2, 0.25) is 5.02 Å². The molecule has 0 aliphatic carbocycles. The predicted molar refractivity (Wildman–Crippen MR) is 92.8 cm³/mol. The number of amides is 2. The Morgan fingerprint density at radius 1 is 1.23 bits per heavy atom. The number of carbonyl (C=O) groups is 2. The van der Waals surface area contributed by atoms with E-state index in [2.05, 4.69) is 20.7 Å². The molecule has 3 N–H and O–H groups in total. The van der Waals surface area contributed by atoms with E-state index >= 15 is 0 Å². The van der Waals surface area contributed by atoms with E-state index in [0.717, 1.165) is 0 Å². The van der Waals surface area contributed by atoms with Gasteiger partial charge in [-0.25, -0.2) is 8.42 Å². The topological polar surface area (TPSA) is 130 Å². The van der Waals surface area contributed by atoms with Crippen LogP contribution in [-0.2, 0) is 14.8 Å². The van der Waals surface area contributed by atoms with Gasteiger partial charge in [-0.15, -0.1) is 0 Å². The van der Waals surface area contributed by atoms with E-state index in [4.69, 9.17) is 16.1 Å². The average Bonchev–Trinajstić information content (AvgIpc) is 2.91. The Labute approximate surface area is 155 Å². The van der Waals surface area contributed by atoms with Crippen molar-refractivity contribution < 1.29 is 22.5 Å². The van der Waals surface area contributed by atoms with Crippen molar-refractivity contribution in [2.75, 3.05) is 0 Å². The van der Waals surface area contributed by atoms with Crippen molar-refractivity contribution in [1.82, 2.24) is 20.7 Å². The molecule has 0 unspecified atom stereocenters. The fourth-order valence-corrected chi connectivity index (χ4v) is 3.85. The summed E-state index contributed by atoms with van der Waals surface area (Å²) in [4.78, 5) is 23.9. The zero-order valence-corrected chi connectivity index (χ0v) is 15.7. The molecule has 26 heavy (non-hydrogen) atoms. The summed E-state index contributed by atoms with van der Waals surface area (Å²) in [6, 6.07) is 4.96. The molecule has 1 aromatic heterocycles. The van der Waals surface area contributed by atoms with Crippen molar-refractivity contribution >= 4 is 33.4 Å². The molecule has 2 aromatic rings. The summed E-state index contributed by atoms with van der Waals surface area (Å²) in [5.41, 5.74) is 4.75. The first-order valence-corrected chi connectivity index (χ1v) is 9.29. The van der Waals surface area contributed by atoms with Crippen LogP contribution in [0.25, 0.3) is 0 Å². The summed E-state index contributed by atoms with van der Waals surface area (Å²) in [5, 5.41) is 3.94. The lowest BCUT2D eigenvalue weighted by atomic mass is 10.2. The van der Waals surface area contributed by atoms with E-state index in [-0.39, 0.29) is 21.9 Å². The quantitative estimate of drug-likeness (QED) is 0.643. The fourth-order valence-electron chi connectivity index (χ4n) is 2.13. The van der Waals surface area contributed by atoms with Crippen LogP contribution in [-0.4, -0.2) is 31.4 Å². The molecule has 0 spiro atoms. The van der Waals surface area contributed by atoms with Crippen LogP contribution in [0.1, 0.15) is 28.7 Å². The van der Waals surface area contributed by atoms with Gasteiger partial charge >= 0.3 is 0 Å². The van der Waals surface area contributed by atoms with Gasteiger partial charge in [-0.05, 0) is 39.0 Å². The normalized spacial score (nSPS) is 12.5. The number of hydrogen-bond acceptors (Lipinski definition) is 6. The highest BCUT2D eigenvalue weighted by Crippen LogP contribution is 2.18. The van der Waals surface area contributed by atoms with Crippen LogP contribution in [0.5, 0.6) is 0 Å². The van der Waals surface area contributed by atoms with Gasteiger partial charge in [0.2, 0.25) is 10.0 Å². The summed E-state index contributed by atoms with van der Waals surface area (Å²) < 4.78 is 31.7. The van der Waals surface area contributed by atoms with Gasteiger partial charge in [-0.2, -0.15) is 4.72 Å². The maximum absolute atomic E-state index is 12.4. The van der Waals surface area contributed by atoms with Crippen LogP contribution >= 0.6 is 11.6 Å². The Kier molecular flexibility index (Phi) is 6.01. The van der Waals surface area contributed by atoms with Crippen LogP contribution in [0, 0.1) is 13.8 Å². The lowest BCUT2D eigenvalue weighted by molar-refractivity contribution is -0.123. The molecule has 0 fully saturated rings. The smallest absolute Gasteiger partial charge is 0.269 e. The molecule has 0 saturated carbocycles. The number of aryl methyl sites for hydroxylation is 2. The van der Waals surface area contributed by atoms with Crippen molar-refractivity contribution in [2.45, 2.75) is 31.7 Å². The number of nitrogens with one attached hydrogen (secondary N) is 3. The largest absolute Gasteiger partial charge is 0.360 e. The molecule has 1 atom stereocenters. The maximum Gasteiger partial charge on any atom is 0.269 e. The van der Waals surface area contributed by atoms with Gasteiger partial charge in [0.05, 0.1) is 6.04 Å². The standard InChI is InChI=1S/C15H17ClN4O5S/c1-8-13(10(3)25-19-8)26(23,24)20-9(2)14(21)17-18-15(22)11-5-4-6-12(16)7-11/h4-7,9,20H,1-3H3,(H,17,21)(H,18,22)/t9-/m0/s1. The first-order chi connectivity index (χ1) is 12.1. The molecule has 9 nitrogen and oxygen atoms in total. The summed E-state index contributed by atoms with van der Waals surface area (Å²) >= 11 is 5.79. The third kappa shape index (κ3) is 4.59. The van der Waals surface area contributed by atoms with E-state index in [0.29, 0.717) is 5.02 Å². The van der Waals surface area contributed by atoms with Gasteiger partial charge in [0, 0.05) is 10.6 Å². The van der Waals surface area contributed by atoms with Gasteiger partial charge in [-0.3, -0.25) is 20.4 Å². The zero-order valence-electron chi connectivity index (χ0n) is 14.2. The van der Waals surface area contributed by atoms with Crippen molar-refractivity contribution in [2.24, 2.45) is 0 Å². The first-order valence-electron chi connectivity index (χ1n) is 7.43. The van der Waals surface area contributed by atoms with Crippen molar-refractivity contribution in [3.05, 3.63) is 46.3 Å². The first kappa shape index (κ1) is 19.9. The van der Waals surface area contributed by atoms with Crippen molar-refractivity contribution in [1.29, 1.82) is 0 Å². The number of halogens is 1. The average molecular weight is 401 g/mol. The lowest BCUT2D eigenvalue weighted by Crippen LogP contribution is -2.51. The van der Waals surface area contributed by atoms with E-state index in [1.807, 2.05) is 0 Å². The summed E-state index contributed by atoms with van der Waals surface area (Å²) in [5.74, 6) is -1.24. The Morgan fingerprint density at radius 3 is 2.50 bits per heavy atom. The summed E-state index contributed by atoms with van der Waals surface area (Å²) in [6.45, 7) is 4.25. The number of aromatic nitrogens is 1. The Bertz CT molecular complexity index is 922. The lowest BCUT2D eigenvalue weighted by Gasteiger charge is -2.14. The number of nitrogens with zero attached hydrogens (tertiary/aromatic N) is 1. The van der Waals surface area contributed by atoms with Crippen LogP contribution in [0.3, 0.4) is 0 Å². The molecule has 1 aromatic carbocycles. The van der Waals surface area contributed by atoms with Crippen molar-refractivity contribution in [3.63, 3.8) is 0 Å². The Balaban J connectivity index is 1.98. The van der Waals surface area contributed by atoms with Gasteiger partial charge in [0.15, 0.2) is 5.76 Å². The number of sulfonamides is 1. The number of hydrogen-bond donors (Lipinski definition) is 3. The SMILES string of the molecule is Cc1noc(C)c1S(=O)(=O)N[C@@H](C)C(=O)NNC(=O)c1cccc(Cl)c1. The molecule has 140 valence electrons. The van der Waals surface area contributed by atoms with Crippen LogP contribution < -0.4 is 15.6 Å². The van der Waals surface area contributed by atoms with Crippen LogP contribution in [0.15, 0.2) is 33.7 Å². The van der Waals surface area contributed by atoms with Crippen LogP contribution in [0.4, 0.5) is 0 Å². The van der Waals surface area contributed by atoms with Gasteiger partial charge < -0.3 is 4.52 Å². The highest BCUT2D eigenvalue weighted by molar-refractivity contribution is 7.89. The molecule has 2 amide bonds. The third-order valence-electron chi connectivity index (χ3n) is 3.35. The van der Waals surface area contributed by atoms with Gasteiger partial charge in [-0.1, -0.05) is 22.8 Å². The second-order valence-corrected chi connectivity index (χ2v) is 7.54. The highest BCUT2D eigenvalue weighted by atomic mass is 35.5. The molecule has 1 heterocycles. The molecule has 0 bridgehead atoms. The minimum Gasteiger partial charge on any atom is -0.360 e. The van der Waals surface area contributed by atoms with Crippen molar-refractivity contribution in [3.8, 4) is 0 Å².